The largest absolute Gasteiger partial charge is 0.378 e. The van der Waals surface area contributed by atoms with Gasteiger partial charge in [-0.3, -0.25) is 9.69 Å². The maximum Gasteiger partial charge on any atom is 0.261 e. The first kappa shape index (κ1) is 18.1. The van der Waals surface area contributed by atoms with E-state index in [1.807, 2.05) is 14.1 Å². The van der Waals surface area contributed by atoms with Crippen LogP contribution in [0, 0.1) is 5.92 Å². The molecule has 2 bridgehead atoms. The third kappa shape index (κ3) is 2.72. The second kappa shape index (κ2) is 6.39. The number of halogens is 1. The third-order valence-corrected chi connectivity index (χ3v) is 7.61. The summed E-state index contributed by atoms with van der Waals surface area (Å²) < 4.78 is 1.19. The topological polar surface area (TPSA) is 35.6 Å². The van der Waals surface area contributed by atoms with Crippen molar-refractivity contribution in [3.63, 3.8) is 0 Å². The molecule has 140 valence electrons. The molecule has 4 heterocycles. The summed E-state index contributed by atoms with van der Waals surface area (Å²) in [7, 11) is 4.09. The van der Waals surface area contributed by atoms with Crippen LogP contribution in [-0.4, -0.2) is 49.6 Å². The number of nitrogens with zero attached hydrogens (tertiary/aromatic N) is 2. The van der Waals surface area contributed by atoms with E-state index in [4.69, 9.17) is 0 Å². The van der Waals surface area contributed by atoms with Gasteiger partial charge in [-0.2, -0.15) is 0 Å². The normalized spacial score (nSPS) is 28.0. The molecule has 1 aromatic heterocycles. The van der Waals surface area contributed by atoms with E-state index < -0.39 is 0 Å². The predicted molar refractivity (Wildman–Crippen MR) is 111 cm³/mol. The molecule has 6 heteroatoms. The van der Waals surface area contributed by atoms with Gasteiger partial charge in [0.2, 0.25) is 0 Å². The predicted octanol–water partition coefficient (Wildman–Crippen LogP) is 3.75. The standard InChI is InChI=1S/C20H25N3OS.ClH/c1-22(2)15-4-3-14-11-17(25-16(14)12-15)19(24)21-18-13-5-9-23(10-6-13)20(18)7-8-20;/h3-4,11-13,18H,5-10H2,1-2H3,(H,21,24);1H/t18-;/m1./s1. The van der Waals surface area contributed by atoms with E-state index in [0.29, 0.717) is 17.5 Å². The zero-order valence-electron chi connectivity index (χ0n) is 15.3. The number of amides is 1. The quantitative estimate of drug-likeness (QED) is 0.865. The Labute approximate surface area is 164 Å². The monoisotopic (exact) mass is 391 g/mol. The highest BCUT2D eigenvalue weighted by Crippen LogP contribution is 2.53. The Morgan fingerprint density at radius 2 is 1.96 bits per heavy atom. The van der Waals surface area contributed by atoms with Crippen molar-refractivity contribution in [2.24, 2.45) is 5.92 Å². The fourth-order valence-corrected chi connectivity index (χ4v) is 5.94. The van der Waals surface area contributed by atoms with Gasteiger partial charge in [0.05, 0.1) is 10.9 Å². The fourth-order valence-electron chi connectivity index (χ4n) is 4.94. The summed E-state index contributed by atoms with van der Waals surface area (Å²) in [6, 6.07) is 8.81. The lowest BCUT2D eigenvalue weighted by molar-refractivity contribution is -0.00138. The van der Waals surface area contributed by atoms with Gasteiger partial charge in [0.15, 0.2) is 0 Å². The lowest BCUT2D eigenvalue weighted by atomic mass is 9.77. The molecule has 4 aliphatic rings. The van der Waals surface area contributed by atoms with Crippen molar-refractivity contribution < 1.29 is 4.79 Å². The van der Waals surface area contributed by atoms with E-state index in [1.165, 1.54) is 49.2 Å². The van der Waals surface area contributed by atoms with Gasteiger partial charge in [0.1, 0.15) is 0 Å². The van der Waals surface area contributed by atoms with E-state index in [2.05, 4.69) is 39.4 Å². The average Bonchev–Trinajstić information content (AvgIpc) is 3.27. The fraction of sp³-hybridized carbons (Fsp3) is 0.550. The number of carbonyl (C=O) groups excluding carboxylic acids is 1. The average molecular weight is 392 g/mol. The van der Waals surface area contributed by atoms with E-state index in [0.717, 1.165) is 10.3 Å². The van der Waals surface area contributed by atoms with E-state index >= 15 is 0 Å². The molecule has 6 rings (SSSR count). The highest BCUT2D eigenvalue weighted by Gasteiger charge is 2.60. The molecular weight excluding hydrogens is 366 g/mol. The van der Waals surface area contributed by atoms with Gasteiger partial charge in [-0.1, -0.05) is 6.07 Å². The minimum absolute atomic E-state index is 0. The molecule has 3 aliphatic heterocycles. The first-order valence-corrected chi connectivity index (χ1v) is 10.2. The molecule has 4 fully saturated rings. The highest BCUT2D eigenvalue weighted by molar-refractivity contribution is 7.20. The molecule has 26 heavy (non-hydrogen) atoms. The number of hydrogen-bond acceptors (Lipinski definition) is 4. The Kier molecular flexibility index (Phi) is 4.45. The molecule has 1 N–H and O–H groups in total. The maximum absolute atomic E-state index is 13.0. The van der Waals surface area contributed by atoms with Crippen molar-refractivity contribution >= 4 is 45.4 Å². The Morgan fingerprint density at radius 3 is 2.62 bits per heavy atom. The van der Waals surface area contributed by atoms with Crippen molar-refractivity contribution in [2.75, 3.05) is 32.1 Å². The molecule has 1 amide bonds. The van der Waals surface area contributed by atoms with Crippen molar-refractivity contribution in [1.29, 1.82) is 0 Å². The van der Waals surface area contributed by atoms with Crippen LogP contribution in [0.2, 0.25) is 0 Å². The summed E-state index contributed by atoms with van der Waals surface area (Å²) in [5, 5.41) is 4.60. The van der Waals surface area contributed by atoms with Crippen LogP contribution < -0.4 is 10.2 Å². The van der Waals surface area contributed by atoms with Gasteiger partial charge in [-0.15, -0.1) is 23.7 Å². The number of benzene rings is 1. The van der Waals surface area contributed by atoms with Gasteiger partial charge in [0.25, 0.3) is 5.91 Å². The number of rotatable bonds is 3. The maximum atomic E-state index is 13.0. The van der Waals surface area contributed by atoms with Gasteiger partial charge in [0, 0.05) is 30.0 Å². The second-order valence-electron chi connectivity index (χ2n) is 8.11. The molecule has 0 unspecified atom stereocenters. The molecule has 1 aliphatic carbocycles. The summed E-state index contributed by atoms with van der Waals surface area (Å²) in [6.07, 6.45) is 5.00. The van der Waals surface area contributed by atoms with Crippen LogP contribution in [0.25, 0.3) is 10.1 Å². The number of piperidine rings is 3. The molecule has 1 spiro atoms. The molecule has 0 radical (unpaired) electrons. The Bertz CT molecular complexity index is 837. The van der Waals surface area contributed by atoms with Crippen LogP contribution in [0.4, 0.5) is 5.69 Å². The van der Waals surface area contributed by atoms with E-state index in [1.54, 1.807) is 11.3 Å². The Balaban J connectivity index is 0.00000168. The van der Waals surface area contributed by atoms with Gasteiger partial charge in [-0.05, 0) is 68.3 Å². The number of anilines is 1. The van der Waals surface area contributed by atoms with E-state index in [9.17, 15) is 4.79 Å². The van der Waals surface area contributed by atoms with Crippen LogP contribution in [0.3, 0.4) is 0 Å². The molecule has 4 nitrogen and oxygen atoms in total. The number of fused-ring (bicyclic) bond motifs is 3. The number of thiophene rings is 1. The lowest BCUT2D eigenvalue weighted by Gasteiger charge is -2.52. The summed E-state index contributed by atoms with van der Waals surface area (Å²) >= 11 is 1.61. The van der Waals surface area contributed by atoms with Crippen LogP contribution >= 0.6 is 23.7 Å². The molecular formula is C20H26ClN3OS. The summed E-state index contributed by atoms with van der Waals surface area (Å²) in [4.78, 5) is 18.6. The summed E-state index contributed by atoms with van der Waals surface area (Å²) in [6.45, 7) is 2.46. The summed E-state index contributed by atoms with van der Waals surface area (Å²) in [5.74, 6) is 0.795. The number of nitrogens with one attached hydrogen (secondary N) is 1. The van der Waals surface area contributed by atoms with Crippen LogP contribution in [-0.2, 0) is 0 Å². The molecule has 1 atom stereocenters. The zero-order valence-corrected chi connectivity index (χ0v) is 17.0. The molecule has 1 saturated carbocycles. The Morgan fingerprint density at radius 1 is 1.23 bits per heavy atom. The minimum atomic E-state index is 0. The number of carbonyl (C=O) groups is 1. The SMILES string of the molecule is CN(C)c1ccc2cc(C(=O)N[C@@H]3C4CCN(CC4)C34CC4)sc2c1.Cl. The smallest absolute Gasteiger partial charge is 0.261 e. The second-order valence-corrected chi connectivity index (χ2v) is 9.19. The first-order chi connectivity index (χ1) is 12.1. The zero-order chi connectivity index (χ0) is 17.2. The van der Waals surface area contributed by atoms with E-state index in [-0.39, 0.29) is 18.3 Å². The molecule has 2 aromatic rings. The van der Waals surface area contributed by atoms with Crippen LogP contribution in [0.15, 0.2) is 24.3 Å². The molecule has 3 saturated heterocycles. The van der Waals surface area contributed by atoms with Crippen LogP contribution in [0.5, 0.6) is 0 Å². The van der Waals surface area contributed by atoms with Crippen LogP contribution in [0.1, 0.15) is 35.4 Å². The Hall–Kier alpha value is -1.30. The van der Waals surface area contributed by atoms with Crippen molar-refractivity contribution in [1.82, 2.24) is 10.2 Å². The van der Waals surface area contributed by atoms with Crippen molar-refractivity contribution in [3.05, 3.63) is 29.1 Å². The van der Waals surface area contributed by atoms with Crippen molar-refractivity contribution in [2.45, 2.75) is 37.3 Å². The first-order valence-electron chi connectivity index (χ1n) is 9.34. The minimum Gasteiger partial charge on any atom is -0.378 e. The van der Waals surface area contributed by atoms with Gasteiger partial charge < -0.3 is 10.2 Å². The summed E-state index contributed by atoms with van der Waals surface area (Å²) in [5.41, 5.74) is 1.47. The molecule has 1 aromatic carbocycles. The van der Waals surface area contributed by atoms with Gasteiger partial charge >= 0.3 is 0 Å². The van der Waals surface area contributed by atoms with Crippen molar-refractivity contribution in [3.8, 4) is 0 Å². The number of hydrogen-bond donors (Lipinski definition) is 1. The lowest BCUT2D eigenvalue weighted by Crippen LogP contribution is -2.65. The highest BCUT2D eigenvalue weighted by atomic mass is 35.5. The third-order valence-electron chi connectivity index (χ3n) is 6.51. The van der Waals surface area contributed by atoms with Gasteiger partial charge in [-0.25, -0.2) is 0 Å².